The van der Waals surface area contributed by atoms with E-state index in [0.29, 0.717) is 6.54 Å². The minimum Gasteiger partial charge on any atom is -0.385 e. The van der Waals surface area contributed by atoms with Gasteiger partial charge in [0.25, 0.3) is 0 Å². The summed E-state index contributed by atoms with van der Waals surface area (Å²) in [7, 11) is 3.89. The number of benzene rings is 1. The lowest BCUT2D eigenvalue weighted by Crippen LogP contribution is -2.25. The smallest absolute Gasteiger partial charge is 0.385 e. The van der Waals surface area contributed by atoms with Crippen LogP contribution in [0, 0.1) is 0 Å². The van der Waals surface area contributed by atoms with E-state index in [1.807, 2.05) is 59.9 Å². The van der Waals surface area contributed by atoms with Crippen LogP contribution in [0.15, 0.2) is 46.9 Å². The zero-order valence-electron chi connectivity index (χ0n) is 12.0. The van der Waals surface area contributed by atoms with Crippen LogP contribution in [0.1, 0.15) is 6.42 Å². The van der Waals surface area contributed by atoms with Crippen molar-refractivity contribution in [2.24, 2.45) is 30.1 Å². The first kappa shape index (κ1) is 14.2. The maximum Gasteiger partial charge on any atom is 0.421 e. The molecule has 0 spiro atoms. The average molecular weight is 273 g/mol. The molecule has 2 aromatic rings. The molecular weight excluding hydrogens is 252 g/mol. The minimum absolute atomic E-state index is 0.701. The highest BCUT2D eigenvalue weighted by Gasteiger charge is 2.09. The van der Waals surface area contributed by atoms with Gasteiger partial charge in [-0.1, -0.05) is 5.11 Å². The summed E-state index contributed by atoms with van der Waals surface area (Å²) in [5, 5.41) is 11.8. The fourth-order valence-electron chi connectivity index (χ4n) is 1.81. The average Bonchev–Trinajstić information content (AvgIpc) is 2.78. The lowest BCUT2D eigenvalue weighted by Gasteiger charge is -2.04. The third kappa shape index (κ3) is 3.64. The molecule has 0 saturated heterocycles. The maximum atomic E-state index is 5.46. The van der Waals surface area contributed by atoms with Gasteiger partial charge in [-0.15, -0.1) is 0 Å². The topological polar surface area (TPSA) is 71.6 Å². The van der Waals surface area contributed by atoms with Crippen molar-refractivity contribution in [3.8, 4) is 0 Å². The van der Waals surface area contributed by atoms with E-state index in [1.54, 1.807) is 0 Å². The van der Waals surface area contributed by atoms with Crippen LogP contribution in [0.25, 0.3) is 0 Å². The summed E-state index contributed by atoms with van der Waals surface area (Å²) in [6, 6.07) is 7.88. The molecule has 0 fully saturated rings. The molecule has 0 amide bonds. The minimum atomic E-state index is 0.701. The highest BCUT2D eigenvalue weighted by molar-refractivity contribution is 5.50. The van der Waals surface area contributed by atoms with Crippen molar-refractivity contribution >= 4 is 17.3 Å². The quantitative estimate of drug-likeness (QED) is 0.480. The Labute approximate surface area is 118 Å². The molecule has 0 bridgehead atoms. The zero-order valence-corrected chi connectivity index (χ0v) is 12.0. The van der Waals surface area contributed by atoms with Gasteiger partial charge in [0.05, 0.1) is 26.5 Å². The van der Waals surface area contributed by atoms with Crippen LogP contribution in [0.3, 0.4) is 0 Å². The summed E-state index contributed by atoms with van der Waals surface area (Å²) in [6.45, 7) is 1.59. The number of anilines is 1. The third-order valence-corrected chi connectivity index (χ3v) is 2.98. The van der Waals surface area contributed by atoms with Gasteiger partial charge in [0.15, 0.2) is 0 Å². The van der Waals surface area contributed by atoms with Crippen LogP contribution in [0.2, 0.25) is 0 Å². The van der Waals surface area contributed by atoms with E-state index in [-0.39, 0.29) is 0 Å². The monoisotopic (exact) mass is 273 g/mol. The van der Waals surface area contributed by atoms with Crippen LogP contribution in [0.5, 0.6) is 0 Å². The number of hydrogen-bond acceptors (Lipinski definition) is 4. The number of azo groups is 1. The molecule has 106 valence electrons. The SMILES string of the molecule is Cn1cc[n+](C)c1N=Nc1ccc(NCCCN)cc1. The van der Waals surface area contributed by atoms with Gasteiger partial charge in [0, 0.05) is 17.3 Å². The summed E-state index contributed by atoms with van der Waals surface area (Å²) in [4.78, 5) is 0. The van der Waals surface area contributed by atoms with E-state index in [2.05, 4.69) is 15.5 Å². The summed E-state index contributed by atoms with van der Waals surface area (Å²) < 4.78 is 3.85. The van der Waals surface area contributed by atoms with Gasteiger partial charge in [-0.3, -0.25) is 0 Å². The number of nitrogens with one attached hydrogen (secondary N) is 1. The summed E-state index contributed by atoms with van der Waals surface area (Å²) in [5.41, 5.74) is 7.36. The number of aryl methyl sites for hydroxylation is 2. The summed E-state index contributed by atoms with van der Waals surface area (Å²) in [6.07, 6.45) is 4.85. The molecule has 0 atom stereocenters. The molecule has 1 heterocycles. The molecule has 2 rings (SSSR count). The van der Waals surface area contributed by atoms with Gasteiger partial charge in [0.1, 0.15) is 5.69 Å². The normalized spacial score (nSPS) is 11.2. The van der Waals surface area contributed by atoms with Gasteiger partial charge in [-0.05, 0) is 37.2 Å². The standard InChI is InChI=1S/C14H20N6/c1-19-10-11-20(2)14(19)18-17-13-6-4-12(5-7-13)16-9-3-8-15/h4-7,10-11H,3,8-9,15H2,1-2H3/p+1. The van der Waals surface area contributed by atoms with E-state index in [9.17, 15) is 0 Å². The van der Waals surface area contributed by atoms with Crippen molar-refractivity contribution in [2.45, 2.75) is 6.42 Å². The molecule has 1 aromatic heterocycles. The van der Waals surface area contributed by atoms with Gasteiger partial charge in [0.2, 0.25) is 0 Å². The first-order chi connectivity index (χ1) is 9.70. The second-order valence-electron chi connectivity index (χ2n) is 4.64. The number of aromatic nitrogens is 2. The predicted molar refractivity (Wildman–Crippen MR) is 79.4 cm³/mol. The molecule has 3 N–H and O–H groups in total. The van der Waals surface area contributed by atoms with E-state index in [4.69, 9.17) is 5.73 Å². The van der Waals surface area contributed by atoms with E-state index in [1.165, 1.54) is 0 Å². The van der Waals surface area contributed by atoms with E-state index >= 15 is 0 Å². The van der Waals surface area contributed by atoms with E-state index < -0.39 is 0 Å². The zero-order chi connectivity index (χ0) is 14.4. The van der Waals surface area contributed by atoms with Crippen LogP contribution in [-0.4, -0.2) is 17.7 Å². The van der Waals surface area contributed by atoms with Crippen LogP contribution >= 0.6 is 0 Å². The highest BCUT2D eigenvalue weighted by atomic mass is 15.3. The van der Waals surface area contributed by atoms with Crippen LogP contribution in [-0.2, 0) is 14.1 Å². The van der Waals surface area contributed by atoms with Crippen molar-refractivity contribution in [3.05, 3.63) is 36.7 Å². The second-order valence-corrected chi connectivity index (χ2v) is 4.64. The first-order valence-electron chi connectivity index (χ1n) is 6.67. The van der Waals surface area contributed by atoms with E-state index in [0.717, 1.165) is 30.3 Å². The fourth-order valence-corrected chi connectivity index (χ4v) is 1.81. The Kier molecular flexibility index (Phi) is 4.84. The number of hydrogen-bond donors (Lipinski definition) is 2. The van der Waals surface area contributed by atoms with Crippen molar-refractivity contribution in [1.29, 1.82) is 0 Å². The van der Waals surface area contributed by atoms with Gasteiger partial charge in [-0.25, -0.2) is 9.13 Å². The molecule has 0 aliphatic carbocycles. The van der Waals surface area contributed by atoms with Gasteiger partial charge in [-0.2, -0.15) is 0 Å². The Morgan fingerprint density at radius 3 is 2.60 bits per heavy atom. The molecule has 20 heavy (non-hydrogen) atoms. The second kappa shape index (κ2) is 6.81. The lowest BCUT2D eigenvalue weighted by atomic mass is 10.3. The van der Waals surface area contributed by atoms with Crippen molar-refractivity contribution in [2.75, 3.05) is 18.4 Å². The number of nitrogens with zero attached hydrogens (tertiary/aromatic N) is 4. The number of imidazole rings is 1. The molecule has 0 aliphatic rings. The van der Waals surface area contributed by atoms with Crippen molar-refractivity contribution in [1.82, 2.24) is 4.57 Å². The Bertz CT molecular complexity index is 550. The molecule has 6 heteroatoms. The molecular formula is C14H21N6+. The largest absolute Gasteiger partial charge is 0.421 e. The van der Waals surface area contributed by atoms with Crippen molar-refractivity contribution < 1.29 is 4.57 Å². The molecule has 0 unspecified atom stereocenters. The third-order valence-electron chi connectivity index (χ3n) is 2.98. The molecule has 1 aromatic carbocycles. The molecule has 0 aliphatic heterocycles. The Hall–Kier alpha value is -2.21. The first-order valence-corrected chi connectivity index (χ1v) is 6.67. The summed E-state index contributed by atoms with van der Waals surface area (Å²) in [5.74, 6) is 0.801. The van der Waals surface area contributed by atoms with Crippen LogP contribution < -0.4 is 15.6 Å². The molecule has 0 saturated carbocycles. The fraction of sp³-hybridized carbons (Fsp3) is 0.357. The molecule has 6 nitrogen and oxygen atoms in total. The Morgan fingerprint density at radius 1 is 1.25 bits per heavy atom. The number of nitrogens with two attached hydrogens (primary N) is 1. The van der Waals surface area contributed by atoms with Gasteiger partial charge >= 0.3 is 5.95 Å². The Balaban J connectivity index is 2.00. The Morgan fingerprint density at radius 2 is 2.00 bits per heavy atom. The highest BCUT2D eigenvalue weighted by Crippen LogP contribution is 2.18. The predicted octanol–water partition coefficient (Wildman–Crippen LogP) is 2.03. The van der Waals surface area contributed by atoms with Crippen LogP contribution in [0.4, 0.5) is 17.3 Å². The molecule has 0 radical (unpaired) electrons. The van der Waals surface area contributed by atoms with Crippen molar-refractivity contribution in [3.63, 3.8) is 0 Å². The van der Waals surface area contributed by atoms with Gasteiger partial charge < -0.3 is 11.1 Å². The lowest BCUT2D eigenvalue weighted by molar-refractivity contribution is -0.657. The maximum absolute atomic E-state index is 5.46. The summed E-state index contributed by atoms with van der Waals surface area (Å²) >= 11 is 0. The number of rotatable bonds is 6.